The van der Waals surface area contributed by atoms with Crippen LogP contribution in [-0.2, 0) is 17.7 Å². The summed E-state index contributed by atoms with van der Waals surface area (Å²) in [4.78, 5) is 6.85. The highest BCUT2D eigenvalue weighted by Crippen LogP contribution is 2.25. The maximum absolute atomic E-state index is 5.53. The van der Waals surface area contributed by atoms with Gasteiger partial charge >= 0.3 is 0 Å². The van der Waals surface area contributed by atoms with E-state index in [9.17, 15) is 0 Å². The minimum atomic E-state index is 0. The van der Waals surface area contributed by atoms with E-state index in [-0.39, 0.29) is 24.0 Å². The SMILES string of the molecule is CCOCCCN=C(NCCc1ccco1)N(C)Cc1ccc(OC)cc1OC.I. The highest BCUT2D eigenvalue weighted by Gasteiger charge is 2.12. The van der Waals surface area contributed by atoms with Crippen molar-refractivity contribution in [2.45, 2.75) is 26.3 Å². The number of ether oxygens (including phenoxy) is 3. The van der Waals surface area contributed by atoms with E-state index in [2.05, 4.69) is 10.2 Å². The predicted octanol–water partition coefficient (Wildman–Crippen LogP) is 3.96. The molecule has 1 aromatic carbocycles. The Hall–Kier alpha value is -1.94. The van der Waals surface area contributed by atoms with Gasteiger partial charge in [0.1, 0.15) is 17.3 Å². The molecular formula is C22H34IN3O4. The number of nitrogens with one attached hydrogen (secondary N) is 1. The van der Waals surface area contributed by atoms with E-state index in [1.807, 2.05) is 44.3 Å². The second-order valence-electron chi connectivity index (χ2n) is 6.55. The molecule has 0 unspecified atom stereocenters. The molecule has 168 valence electrons. The summed E-state index contributed by atoms with van der Waals surface area (Å²) < 4.78 is 21.6. The fourth-order valence-corrected chi connectivity index (χ4v) is 2.87. The first-order valence-corrected chi connectivity index (χ1v) is 9.98. The monoisotopic (exact) mass is 531 g/mol. The molecule has 0 saturated heterocycles. The molecule has 0 bridgehead atoms. The topological polar surface area (TPSA) is 68.5 Å². The van der Waals surface area contributed by atoms with Crippen molar-refractivity contribution in [3.8, 4) is 11.5 Å². The molecule has 0 aliphatic heterocycles. The summed E-state index contributed by atoms with van der Waals surface area (Å²) >= 11 is 0. The lowest BCUT2D eigenvalue weighted by Gasteiger charge is -2.23. The van der Waals surface area contributed by atoms with Gasteiger partial charge in [0.25, 0.3) is 0 Å². The van der Waals surface area contributed by atoms with Crippen molar-refractivity contribution >= 4 is 29.9 Å². The number of guanidine groups is 1. The van der Waals surface area contributed by atoms with E-state index in [0.29, 0.717) is 13.1 Å². The van der Waals surface area contributed by atoms with Gasteiger partial charge in [-0.1, -0.05) is 0 Å². The lowest BCUT2D eigenvalue weighted by molar-refractivity contribution is 0.146. The average Bonchev–Trinajstić information content (AvgIpc) is 3.26. The number of rotatable bonds is 12. The Bertz CT molecular complexity index is 738. The molecule has 0 radical (unpaired) electrons. The molecule has 0 amide bonds. The normalized spacial score (nSPS) is 11.0. The first kappa shape index (κ1) is 26.1. The van der Waals surface area contributed by atoms with Gasteiger partial charge in [0.05, 0.1) is 20.5 Å². The Morgan fingerprint density at radius 3 is 2.70 bits per heavy atom. The standard InChI is InChI=1S/C22H33N3O4.HI/c1-5-28-14-7-12-23-22(24-13-11-19-8-6-15-29-19)25(2)17-18-9-10-20(26-3)16-21(18)27-4;/h6,8-10,15-16H,5,7,11-14,17H2,1-4H3,(H,23,24);1H. The maximum Gasteiger partial charge on any atom is 0.193 e. The van der Waals surface area contributed by atoms with E-state index in [0.717, 1.165) is 61.4 Å². The van der Waals surface area contributed by atoms with E-state index < -0.39 is 0 Å². The summed E-state index contributed by atoms with van der Waals surface area (Å²) in [6, 6.07) is 9.73. The molecule has 1 N–H and O–H groups in total. The zero-order chi connectivity index (χ0) is 20.9. The number of furan rings is 1. The Kier molecular flexibility index (Phi) is 13.0. The minimum absolute atomic E-state index is 0. The Balaban J connectivity index is 0.00000450. The summed E-state index contributed by atoms with van der Waals surface area (Å²) in [5.74, 6) is 3.36. The smallest absolute Gasteiger partial charge is 0.193 e. The van der Waals surface area contributed by atoms with Crippen LogP contribution >= 0.6 is 24.0 Å². The third kappa shape index (κ3) is 8.83. The van der Waals surface area contributed by atoms with Crippen molar-refractivity contribution in [3.63, 3.8) is 0 Å². The molecule has 30 heavy (non-hydrogen) atoms. The second kappa shape index (κ2) is 15.0. The number of aliphatic imine (C=N–C) groups is 1. The second-order valence-corrected chi connectivity index (χ2v) is 6.55. The summed E-state index contributed by atoms with van der Waals surface area (Å²) in [5, 5.41) is 3.44. The van der Waals surface area contributed by atoms with Gasteiger partial charge in [0.15, 0.2) is 5.96 Å². The van der Waals surface area contributed by atoms with Crippen molar-refractivity contribution in [3.05, 3.63) is 47.9 Å². The van der Waals surface area contributed by atoms with Gasteiger partial charge in [-0.3, -0.25) is 4.99 Å². The van der Waals surface area contributed by atoms with Crippen LogP contribution in [0.25, 0.3) is 0 Å². The van der Waals surface area contributed by atoms with Gasteiger partial charge in [0.2, 0.25) is 0 Å². The quantitative estimate of drug-likeness (QED) is 0.194. The van der Waals surface area contributed by atoms with Crippen LogP contribution in [-0.4, -0.2) is 58.4 Å². The lowest BCUT2D eigenvalue weighted by Crippen LogP contribution is -2.39. The van der Waals surface area contributed by atoms with Crippen LogP contribution in [0.2, 0.25) is 0 Å². The van der Waals surface area contributed by atoms with Crippen molar-refractivity contribution in [2.24, 2.45) is 4.99 Å². The van der Waals surface area contributed by atoms with Crippen LogP contribution in [0.15, 0.2) is 46.0 Å². The van der Waals surface area contributed by atoms with Crippen molar-refractivity contribution in [2.75, 3.05) is 47.6 Å². The molecule has 0 saturated carbocycles. The van der Waals surface area contributed by atoms with Crippen molar-refractivity contribution in [1.82, 2.24) is 10.2 Å². The zero-order valence-electron chi connectivity index (χ0n) is 18.3. The predicted molar refractivity (Wildman–Crippen MR) is 130 cm³/mol. The summed E-state index contributed by atoms with van der Waals surface area (Å²) in [5.41, 5.74) is 1.06. The molecule has 0 aliphatic rings. The molecule has 1 aromatic heterocycles. The van der Waals surface area contributed by atoms with Gasteiger partial charge in [-0.2, -0.15) is 0 Å². The fourth-order valence-electron chi connectivity index (χ4n) is 2.87. The van der Waals surface area contributed by atoms with Gasteiger partial charge in [-0.25, -0.2) is 0 Å². The minimum Gasteiger partial charge on any atom is -0.497 e. The average molecular weight is 531 g/mol. The number of hydrogen-bond donors (Lipinski definition) is 1. The Labute approximate surface area is 196 Å². The summed E-state index contributed by atoms with van der Waals surface area (Å²) in [6.07, 6.45) is 3.38. The van der Waals surface area contributed by atoms with Gasteiger partial charge < -0.3 is 28.8 Å². The molecule has 0 fully saturated rings. The van der Waals surface area contributed by atoms with Crippen LogP contribution in [0.3, 0.4) is 0 Å². The van der Waals surface area contributed by atoms with Crippen LogP contribution in [0, 0.1) is 0 Å². The summed E-state index contributed by atoms with van der Waals surface area (Å²) in [6.45, 7) is 5.55. The molecule has 2 aromatic rings. The number of halogens is 1. The van der Waals surface area contributed by atoms with Gasteiger partial charge in [-0.15, -0.1) is 24.0 Å². The van der Waals surface area contributed by atoms with Crippen LogP contribution in [0.5, 0.6) is 11.5 Å². The first-order valence-electron chi connectivity index (χ1n) is 9.98. The molecule has 0 spiro atoms. The first-order chi connectivity index (χ1) is 14.2. The van der Waals surface area contributed by atoms with Gasteiger partial charge in [-0.05, 0) is 37.6 Å². The van der Waals surface area contributed by atoms with Crippen LogP contribution < -0.4 is 14.8 Å². The number of nitrogens with zero attached hydrogens (tertiary/aromatic N) is 2. The Morgan fingerprint density at radius 1 is 1.20 bits per heavy atom. The highest BCUT2D eigenvalue weighted by molar-refractivity contribution is 14.0. The number of benzene rings is 1. The summed E-state index contributed by atoms with van der Waals surface area (Å²) in [7, 11) is 5.34. The van der Waals surface area contributed by atoms with Crippen molar-refractivity contribution in [1.29, 1.82) is 0 Å². The van der Waals surface area contributed by atoms with E-state index in [4.69, 9.17) is 23.6 Å². The highest BCUT2D eigenvalue weighted by atomic mass is 127. The molecule has 7 nitrogen and oxygen atoms in total. The third-order valence-electron chi connectivity index (χ3n) is 4.41. The number of hydrogen-bond acceptors (Lipinski definition) is 5. The van der Waals surface area contributed by atoms with E-state index in [1.165, 1.54) is 0 Å². The fraction of sp³-hybridized carbons (Fsp3) is 0.500. The largest absolute Gasteiger partial charge is 0.497 e. The van der Waals surface area contributed by atoms with Crippen LogP contribution in [0.4, 0.5) is 0 Å². The van der Waals surface area contributed by atoms with E-state index in [1.54, 1.807) is 20.5 Å². The van der Waals surface area contributed by atoms with Crippen LogP contribution in [0.1, 0.15) is 24.7 Å². The molecule has 0 atom stereocenters. The maximum atomic E-state index is 5.53. The molecule has 2 rings (SSSR count). The number of methoxy groups -OCH3 is 2. The Morgan fingerprint density at radius 2 is 2.03 bits per heavy atom. The molecular weight excluding hydrogens is 497 g/mol. The van der Waals surface area contributed by atoms with Crippen molar-refractivity contribution < 1.29 is 18.6 Å². The zero-order valence-corrected chi connectivity index (χ0v) is 20.7. The lowest BCUT2D eigenvalue weighted by atomic mass is 10.2. The molecule has 8 heteroatoms. The van der Waals surface area contributed by atoms with E-state index >= 15 is 0 Å². The van der Waals surface area contributed by atoms with Gasteiger partial charge in [0, 0.05) is 57.9 Å². The molecule has 1 heterocycles. The third-order valence-corrected chi connectivity index (χ3v) is 4.41. The molecule has 0 aliphatic carbocycles.